The van der Waals surface area contributed by atoms with Crippen LogP contribution >= 0.6 is 0 Å². The molecule has 0 spiro atoms. The van der Waals surface area contributed by atoms with Gasteiger partial charge in [0.25, 0.3) is 0 Å². The molecule has 1 unspecified atom stereocenters. The van der Waals surface area contributed by atoms with Crippen molar-refractivity contribution in [3.63, 3.8) is 0 Å². The number of amides is 1. The third-order valence-corrected chi connectivity index (χ3v) is 6.03. The van der Waals surface area contributed by atoms with Crippen LogP contribution in [0, 0.1) is 0 Å². The number of nitrogens with two attached hydrogens (primary N) is 1. The SMILES string of the molecule is CC(O)C(=O)O.CCCCCCCCCCCCCCCCCC(N)=O.CCCN1CCOCC1. The molecule has 0 aromatic carbocycles. The van der Waals surface area contributed by atoms with Gasteiger partial charge in [-0.1, -0.05) is 104 Å². The van der Waals surface area contributed by atoms with Crippen LogP contribution in [0.1, 0.15) is 130 Å². The lowest BCUT2D eigenvalue weighted by Crippen LogP contribution is -2.36. The number of carbonyl (C=O) groups is 2. The van der Waals surface area contributed by atoms with E-state index in [1.54, 1.807) is 0 Å². The summed E-state index contributed by atoms with van der Waals surface area (Å²) in [6.45, 7) is 11.1. The number of morpholine rings is 1. The van der Waals surface area contributed by atoms with Gasteiger partial charge in [0.1, 0.15) is 6.10 Å². The Hall–Kier alpha value is -1.18. The number of carboxylic acids is 1. The summed E-state index contributed by atoms with van der Waals surface area (Å²) in [7, 11) is 0. The van der Waals surface area contributed by atoms with Crippen molar-refractivity contribution < 1.29 is 24.5 Å². The Balaban J connectivity index is 0. The van der Waals surface area contributed by atoms with Crippen LogP contribution in [0.4, 0.5) is 0 Å². The number of hydrogen-bond acceptors (Lipinski definition) is 5. The monoisotopic (exact) mass is 502 g/mol. The molecule has 1 aliphatic rings. The lowest BCUT2D eigenvalue weighted by Gasteiger charge is -2.25. The second kappa shape index (κ2) is 29.1. The van der Waals surface area contributed by atoms with Crippen LogP contribution in [0.25, 0.3) is 0 Å². The van der Waals surface area contributed by atoms with E-state index in [0.717, 1.165) is 32.7 Å². The van der Waals surface area contributed by atoms with Crippen molar-refractivity contribution in [1.29, 1.82) is 0 Å². The van der Waals surface area contributed by atoms with Crippen LogP contribution in [0.3, 0.4) is 0 Å². The first-order valence-electron chi connectivity index (χ1n) is 14.3. The van der Waals surface area contributed by atoms with Crippen LogP contribution in [-0.2, 0) is 14.3 Å². The molecule has 1 saturated heterocycles. The van der Waals surface area contributed by atoms with Crippen LogP contribution in [0.15, 0.2) is 0 Å². The third kappa shape index (κ3) is 32.8. The molecule has 1 amide bonds. The van der Waals surface area contributed by atoms with Gasteiger partial charge >= 0.3 is 5.97 Å². The number of hydrogen-bond donors (Lipinski definition) is 3. The van der Waals surface area contributed by atoms with Gasteiger partial charge in [-0.25, -0.2) is 4.79 Å². The Morgan fingerprint density at radius 3 is 1.46 bits per heavy atom. The summed E-state index contributed by atoms with van der Waals surface area (Å²) in [4.78, 5) is 22.5. The number of unbranched alkanes of at least 4 members (excludes halogenated alkanes) is 14. The number of aliphatic hydroxyl groups is 1. The number of rotatable bonds is 19. The minimum absolute atomic E-state index is 0.153. The van der Waals surface area contributed by atoms with Crippen LogP contribution in [0.5, 0.6) is 0 Å². The standard InChI is InChI=1S/C18H37NO.C7H15NO.C3H6O3/c1-2-3-4-5-6-7-8-9-10-11-12-13-14-15-16-17-18(19)20;1-2-3-8-4-6-9-7-5-8;1-2(4)3(5)6/h2-17H2,1H3,(H2,19,20);2-7H2,1H3;2,4H,1H3,(H,5,6). The second-order valence-electron chi connectivity index (χ2n) is 9.63. The summed E-state index contributed by atoms with van der Waals surface area (Å²) < 4.78 is 5.20. The lowest BCUT2D eigenvalue weighted by molar-refractivity contribution is -0.145. The smallest absolute Gasteiger partial charge is 0.332 e. The highest BCUT2D eigenvalue weighted by molar-refractivity contribution is 5.73. The average molecular weight is 503 g/mol. The lowest BCUT2D eigenvalue weighted by atomic mass is 10.0. The van der Waals surface area contributed by atoms with Gasteiger partial charge in [-0.2, -0.15) is 0 Å². The predicted octanol–water partition coefficient (Wildman–Crippen LogP) is 5.91. The summed E-state index contributed by atoms with van der Waals surface area (Å²) in [6.07, 6.45) is 20.9. The number of nitrogens with zero attached hydrogens (tertiary/aromatic N) is 1. The molecule has 1 fully saturated rings. The van der Waals surface area contributed by atoms with E-state index in [9.17, 15) is 9.59 Å². The van der Waals surface area contributed by atoms with Crippen LogP contribution < -0.4 is 5.73 Å². The zero-order chi connectivity index (χ0) is 26.6. The molecule has 210 valence electrons. The quantitative estimate of drug-likeness (QED) is 0.189. The van der Waals surface area contributed by atoms with E-state index in [1.165, 1.54) is 110 Å². The van der Waals surface area contributed by atoms with Gasteiger partial charge in [0.05, 0.1) is 13.2 Å². The Kier molecular flexibility index (Phi) is 29.9. The van der Waals surface area contributed by atoms with E-state index in [4.69, 9.17) is 20.7 Å². The van der Waals surface area contributed by atoms with Crippen molar-refractivity contribution in [2.75, 3.05) is 32.8 Å². The Morgan fingerprint density at radius 1 is 0.771 bits per heavy atom. The van der Waals surface area contributed by atoms with Crippen LogP contribution in [-0.4, -0.2) is 65.9 Å². The summed E-state index contributed by atoms with van der Waals surface area (Å²) in [5, 5.41) is 15.8. The molecular weight excluding hydrogens is 444 g/mol. The average Bonchev–Trinajstić information content (AvgIpc) is 2.83. The molecule has 1 rings (SSSR count). The fourth-order valence-electron chi connectivity index (χ4n) is 3.81. The van der Waals surface area contributed by atoms with Gasteiger partial charge in [0.2, 0.25) is 5.91 Å². The fraction of sp³-hybridized carbons (Fsp3) is 0.929. The van der Waals surface area contributed by atoms with E-state index in [1.807, 2.05) is 0 Å². The first-order chi connectivity index (χ1) is 16.8. The molecule has 7 nitrogen and oxygen atoms in total. The van der Waals surface area contributed by atoms with Gasteiger partial charge in [-0.15, -0.1) is 0 Å². The largest absolute Gasteiger partial charge is 0.479 e. The molecular formula is C28H58N2O5. The maximum absolute atomic E-state index is 10.6. The summed E-state index contributed by atoms with van der Waals surface area (Å²) in [5.41, 5.74) is 5.11. The molecule has 0 bridgehead atoms. The molecule has 1 heterocycles. The summed E-state index contributed by atoms with van der Waals surface area (Å²) in [5.74, 6) is -1.34. The maximum atomic E-state index is 10.6. The zero-order valence-corrected chi connectivity index (χ0v) is 23.3. The normalized spacial score (nSPS) is 14.3. The highest BCUT2D eigenvalue weighted by Gasteiger charge is 2.07. The number of aliphatic hydroxyl groups excluding tert-OH is 1. The first-order valence-corrected chi connectivity index (χ1v) is 14.3. The van der Waals surface area contributed by atoms with Gasteiger partial charge < -0.3 is 20.7 Å². The van der Waals surface area contributed by atoms with E-state index in [2.05, 4.69) is 18.7 Å². The van der Waals surface area contributed by atoms with Gasteiger partial charge in [-0.3, -0.25) is 9.69 Å². The molecule has 4 N–H and O–H groups in total. The molecule has 0 aliphatic carbocycles. The van der Waals surface area contributed by atoms with E-state index in [-0.39, 0.29) is 5.91 Å². The topological polar surface area (TPSA) is 113 Å². The molecule has 1 atom stereocenters. The van der Waals surface area contributed by atoms with Crippen molar-refractivity contribution in [1.82, 2.24) is 4.90 Å². The first kappa shape index (κ1) is 36.0. The van der Waals surface area contributed by atoms with Gasteiger partial charge in [0, 0.05) is 19.5 Å². The Morgan fingerprint density at radius 2 is 1.14 bits per heavy atom. The second-order valence-corrected chi connectivity index (χ2v) is 9.63. The van der Waals surface area contributed by atoms with Crippen molar-refractivity contribution in [2.24, 2.45) is 5.73 Å². The third-order valence-electron chi connectivity index (χ3n) is 6.03. The fourth-order valence-corrected chi connectivity index (χ4v) is 3.81. The highest BCUT2D eigenvalue weighted by atomic mass is 16.5. The molecule has 1 aliphatic heterocycles. The minimum Gasteiger partial charge on any atom is -0.479 e. The Labute approximate surface area is 216 Å². The van der Waals surface area contributed by atoms with Crippen molar-refractivity contribution >= 4 is 11.9 Å². The van der Waals surface area contributed by atoms with Gasteiger partial charge in [-0.05, 0) is 26.3 Å². The number of carbonyl (C=O) groups excluding carboxylic acids is 1. The number of aliphatic carboxylic acids is 1. The Bertz CT molecular complexity index is 452. The molecule has 0 aromatic rings. The van der Waals surface area contributed by atoms with E-state index < -0.39 is 12.1 Å². The molecule has 35 heavy (non-hydrogen) atoms. The number of primary amides is 1. The van der Waals surface area contributed by atoms with E-state index in [0.29, 0.717) is 6.42 Å². The molecule has 0 saturated carbocycles. The summed E-state index contributed by atoms with van der Waals surface area (Å²) >= 11 is 0. The molecule has 7 heteroatoms. The summed E-state index contributed by atoms with van der Waals surface area (Å²) in [6, 6.07) is 0. The number of carboxylic acid groups (broad SMARTS) is 1. The van der Waals surface area contributed by atoms with Crippen LogP contribution in [0.2, 0.25) is 0 Å². The van der Waals surface area contributed by atoms with Gasteiger partial charge in [0.15, 0.2) is 0 Å². The molecule has 0 aromatic heterocycles. The highest BCUT2D eigenvalue weighted by Crippen LogP contribution is 2.13. The molecule has 0 radical (unpaired) electrons. The predicted molar refractivity (Wildman–Crippen MR) is 146 cm³/mol. The minimum atomic E-state index is -1.23. The van der Waals surface area contributed by atoms with Crippen molar-refractivity contribution in [3.8, 4) is 0 Å². The van der Waals surface area contributed by atoms with E-state index >= 15 is 0 Å². The zero-order valence-electron chi connectivity index (χ0n) is 23.3. The van der Waals surface area contributed by atoms with Crippen molar-refractivity contribution in [2.45, 2.75) is 136 Å². The maximum Gasteiger partial charge on any atom is 0.332 e. The number of ether oxygens (including phenoxy) is 1. The van der Waals surface area contributed by atoms with Crippen molar-refractivity contribution in [3.05, 3.63) is 0 Å².